The Bertz CT molecular complexity index is 1440. The number of ketones is 1. The Kier molecular flexibility index (Phi) is 5.26. The van der Waals surface area contributed by atoms with E-state index >= 15 is 0 Å². The number of allylic oxidation sites excluding steroid dienone is 2. The third kappa shape index (κ3) is 4.40. The van der Waals surface area contributed by atoms with Crippen LogP contribution in [0.3, 0.4) is 0 Å². The zero-order valence-electron chi connectivity index (χ0n) is 17.8. The summed E-state index contributed by atoms with van der Waals surface area (Å²) in [7, 11) is -1.81. The SMILES string of the molecule is Cn1cc(C2C=NC3=C(Cc4cc(CS(=O)(=O)Nc5cccnc5)ccc4C=C3)C2=O)cn1. The molecule has 166 valence electrons. The summed E-state index contributed by atoms with van der Waals surface area (Å²) in [6, 6.07) is 8.84. The molecular weight excluding hydrogens is 438 g/mol. The van der Waals surface area contributed by atoms with E-state index in [4.69, 9.17) is 0 Å². The number of benzene rings is 1. The Morgan fingerprint density at radius 1 is 1.18 bits per heavy atom. The molecule has 1 aromatic carbocycles. The molecule has 0 radical (unpaired) electrons. The first-order valence-corrected chi connectivity index (χ1v) is 12.0. The Morgan fingerprint density at radius 3 is 2.82 bits per heavy atom. The molecule has 8 nitrogen and oxygen atoms in total. The van der Waals surface area contributed by atoms with Gasteiger partial charge in [0.25, 0.3) is 0 Å². The molecule has 1 aliphatic carbocycles. The molecule has 0 saturated heterocycles. The van der Waals surface area contributed by atoms with Crippen molar-refractivity contribution in [2.75, 3.05) is 4.72 Å². The lowest BCUT2D eigenvalue weighted by molar-refractivity contribution is -0.115. The molecule has 0 amide bonds. The van der Waals surface area contributed by atoms with Gasteiger partial charge in [0.1, 0.15) is 0 Å². The van der Waals surface area contributed by atoms with Gasteiger partial charge in [0.2, 0.25) is 10.0 Å². The summed E-state index contributed by atoms with van der Waals surface area (Å²) in [4.78, 5) is 21.8. The van der Waals surface area contributed by atoms with Crippen molar-refractivity contribution in [3.63, 3.8) is 0 Å². The number of pyridine rings is 1. The number of nitrogens with zero attached hydrogens (tertiary/aromatic N) is 4. The highest BCUT2D eigenvalue weighted by Gasteiger charge is 2.30. The van der Waals surface area contributed by atoms with Crippen LogP contribution in [-0.2, 0) is 34.0 Å². The van der Waals surface area contributed by atoms with Gasteiger partial charge in [-0.3, -0.25) is 24.2 Å². The minimum Gasteiger partial charge on any atom is -0.293 e. The summed E-state index contributed by atoms with van der Waals surface area (Å²) in [6.07, 6.45) is 12.3. The predicted octanol–water partition coefficient (Wildman–Crippen LogP) is 3.02. The van der Waals surface area contributed by atoms with Gasteiger partial charge in [0.15, 0.2) is 5.78 Å². The molecule has 9 heteroatoms. The zero-order valence-corrected chi connectivity index (χ0v) is 18.7. The van der Waals surface area contributed by atoms with Gasteiger partial charge < -0.3 is 0 Å². The molecule has 2 aromatic heterocycles. The van der Waals surface area contributed by atoms with Gasteiger partial charge >= 0.3 is 0 Å². The quantitative estimate of drug-likeness (QED) is 0.631. The Morgan fingerprint density at radius 2 is 2.06 bits per heavy atom. The number of aromatic nitrogens is 3. The van der Waals surface area contributed by atoms with E-state index in [1.54, 1.807) is 41.5 Å². The number of carbonyl (C=O) groups is 1. The van der Waals surface area contributed by atoms with E-state index in [-0.39, 0.29) is 11.5 Å². The molecule has 2 aliphatic rings. The van der Waals surface area contributed by atoms with Crippen molar-refractivity contribution in [1.29, 1.82) is 0 Å². The molecule has 1 aliphatic heterocycles. The summed E-state index contributed by atoms with van der Waals surface area (Å²) < 4.78 is 29.5. The van der Waals surface area contributed by atoms with E-state index < -0.39 is 15.9 Å². The summed E-state index contributed by atoms with van der Waals surface area (Å²) in [5.41, 5.74) is 4.94. The van der Waals surface area contributed by atoms with Crippen molar-refractivity contribution < 1.29 is 13.2 Å². The van der Waals surface area contributed by atoms with E-state index in [1.165, 1.54) is 6.20 Å². The molecule has 0 spiro atoms. The van der Waals surface area contributed by atoms with Crippen molar-refractivity contribution in [3.05, 3.63) is 94.7 Å². The van der Waals surface area contributed by atoms with Crippen LogP contribution in [0.15, 0.2) is 77.5 Å². The maximum Gasteiger partial charge on any atom is 0.236 e. The van der Waals surface area contributed by atoms with Crippen LogP contribution in [0, 0.1) is 0 Å². The number of carbonyl (C=O) groups excluding carboxylic acids is 1. The smallest absolute Gasteiger partial charge is 0.236 e. The van der Waals surface area contributed by atoms with Gasteiger partial charge in [-0.25, -0.2) is 8.42 Å². The second kappa shape index (κ2) is 8.25. The minimum atomic E-state index is -3.62. The minimum absolute atomic E-state index is 0.0123. The summed E-state index contributed by atoms with van der Waals surface area (Å²) in [5.74, 6) is -0.670. The Labute approximate surface area is 191 Å². The Hall–Kier alpha value is -3.85. The van der Waals surface area contributed by atoms with E-state index in [1.807, 2.05) is 37.5 Å². The number of nitrogens with one attached hydrogen (secondary N) is 1. The highest BCUT2D eigenvalue weighted by atomic mass is 32.2. The van der Waals surface area contributed by atoms with Gasteiger partial charge in [-0.1, -0.05) is 24.3 Å². The molecule has 3 heterocycles. The highest BCUT2D eigenvalue weighted by Crippen LogP contribution is 2.32. The van der Waals surface area contributed by atoms with Gasteiger partial charge in [0.05, 0.1) is 35.4 Å². The van der Waals surface area contributed by atoms with E-state index in [9.17, 15) is 13.2 Å². The fourth-order valence-corrected chi connectivity index (χ4v) is 5.23. The van der Waals surface area contributed by atoms with Crippen LogP contribution < -0.4 is 4.72 Å². The lowest BCUT2D eigenvalue weighted by Crippen LogP contribution is -2.22. The van der Waals surface area contributed by atoms with Crippen molar-refractivity contribution in [2.45, 2.75) is 18.1 Å². The van der Waals surface area contributed by atoms with Crippen LogP contribution in [0.2, 0.25) is 0 Å². The van der Waals surface area contributed by atoms with Gasteiger partial charge in [-0.2, -0.15) is 5.10 Å². The number of aryl methyl sites for hydroxylation is 1. The number of fused-ring (bicyclic) bond motifs is 1. The fourth-order valence-electron chi connectivity index (χ4n) is 4.06. The summed E-state index contributed by atoms with van der Waals surface area (Å²) >= 11 is 0. The van der Waals surface area contributed by atoms with Crippen LogP contribution in [0.1, 0.15) is 28.2 Å². The van der Waals surface area contributed by atoms with Crippen molar-refractivity contribution in [3.8, 4) is 0 Å². The van der Waals surface area contributed by atoms with E-state index in [0.29, 0.717) is 28.9 Å². The largest absolute Gasteiger partial charge is 0.293 e. The first-order valence-electron chi connectivity index (χ1n) is 10.4. The molecule has 0 saturated carbocycles. The maximum absolute atomic E-state index is 13.3. The van der Waals surface area contributed by atoms with Crippen LogP contribution in [0.25, 0.3) is 6.08 Å². The number of hydrogen-bond acceptors (Lipinski definition) is 6. The van der Waals surface area contributed by atoms with Crippen molar-refractivity contribution in [1.82, 2.24) is 14.8 Å². The zero-order chi connectivity index (χ0) is 23.0. The molecule has 5 rings (SSSR count). The number of anilines is 1. The second-order valence-corrected chi connectivity index (χ2v) is 9.80. The molecule has 33 heavy (non-hydrogen) atoms. The van der Waals surface area contributed by atoms with Gasteiger partial charge in [-0.15, -0.1) is 0 Å². The van der Waals surface area contributed by atoms with Gasteiger partial charge in [-0.05, 0) is 34.9 Å². The molecule has 0 fully saturated rings. The average Bonchev–Trinajstić information content (AvgIpc) is 3.11. The molecule has 1 unspecified atom stereocenters. The normalized spacial score (nSPS) is 17.5. The van der Waals surface area contributed by atoms with E-state index in [2.05, 4.69) is 19.8 Å². The maximum atomic E-state index is 13.3. The first-order chi connectivity index (χ1) is 15.9. The first kappa shape index (κ1) is 21.0. The average molecular weight is 460 g/mol. The number of sulfonamides is 1. The van der Waals surface area contributed by atoms with Crippen LogP contribution >= 0.6 is 0 Å². The molecule has 3 aromatic rings. The van der Waals surface area contributed by atoms with Crippen LogP contribution in [0.4, 0.5) is 5.69 Å². The number of rotatable bonds is 5. The monoisotopic (exact) mass is 459 g/mol. The van der Waals surface area contributed by atoms with Crippen molar-refractivity contribution in [2.24, 2.45) is 12.0 Å². The standard InChI is InChI=1S/C24H21N5O3S/c1-29-14-19(11-27-29)22-13-26-23-7-6-17-5-4-16(9-18(17)10-21(23)24(22)30)15-33(31,32)28-20-3-2-8-25-12-20/h2-9,11-14,22,28H,10,15H2,1H3. The summed E-state index contributed by atoms with van der Waals surface area (Å²) in [5, 5.41) is 4.17. The lowest BCUT2D eigenvalue weighted by Gasteiger charge is -2.18. The molecule has 1 N–H and O–H groups in total. The van der Waals surface area contributed by atoms with Crippen LogP contribution in [0.5, 0.6) is 0 Å². The third-order valence-electron chi connectivity index (χ3n) is 5.62. The predicted molar refractivity (Wildman–Crippen MR) is 126 cm³/mol. The summed E-state index contributed by atoms with van der Waals surface area (Å²) in [6.45, 7) is 0. The topological polar surface area (TPSA) is 106 Å². The Balaban J connectivity index is 1.40. The fraction of sp³-hybridized carbons (Fsp3) is 0.167. The van der Waals surface area contributed by atoms with Gasteiger partial charge in [0, 0.05) is 43.2 Å². The number of aliphatic imine (C=N–C) groups is 1. The highest BCUT2D eigenvalue weighted by molar-refractivity contribution is 7.91. The number of hydrogen-bond donors (Lipinski definition) is 1. The molecule has 0 bridgehead atoms. The molecular formula is C24H21N5O3S. The molecule has 1 atom stereocenters. The second-order valence-electron chi connectivity index (χ2n) is 8.08. The number of Topliss-reactive ketones (excluding diaryl/α,β-unsaturated/α-hetero) is 1. The third-order valence-corrected chi connectivity index (χ3v) is 6.88. The van der Waals surface area contributed by atoms with Crippen LogP contribution in [-0.4, -0.2) is 35.2 Å². The lowest BCUT2D eigenvalue weighted by atomic mass is 9.87. The van der Waals surface area contributed by atoms with E-state index in [0.717, 1.165) is 16.7 Å². The van der Waals surface area contributed by atoms with Crippen molar-refractivity contribution >= 4 is 33.8 Å².